The van der Waals surface area contributed by atoms with Gasteiger partial charge in [-0.25, -0.2) is 0 Å². The fourth-order valence-electron chi connectivity index (χ4n) is 2.58. The summed E-state index contributed by atoms with van der Waals surface area (Å²) in [6, 6.07) is 12.2. The van der Waals surface area contributed by atoms with Crippen molar-refractivity contribution in [2.24, 2.45) is 0 Å². The van der Waals surface area contributed by atoms with E-state index in [0.29, 0.717) is 13.2 Å². The van der Waals surface area contributed by atoms with Crippen molar-refractivity contribution in [2.45, 2.75) is 40.3 Å². The molecule has 0 N–H and O–H groups in total. The predicted octanol–water partition coefficient (Wildman–Crippen LogP) is 4.08. The Balaban J connectivity index is 1.78. The highest BCUT2D eigenvalue weighted by Crippen LogP contribution is 2.26. The van der Waals surface area contributed by atoms with Crippen LogP contribution in [0.25, 0.3) is 0 Å². The highest BCUT2D eigenvalue weighted by Gasteiger charge is 2.31. The van der Waals surface area contributed by atoms with Crippen LogP contribution in [0.5, 0.6) is 11.5 Å². The van der Waals surface area contributed by atoms with Crippen LogP contribution in [0, 0.1) is 27.7 Å². The number of hydrogen-bond acceptors (Lipinski definition) is 4. The standard InChI is InChI=1S/C20H24O4/c1-13-5-7-15(3)17(11-13)23-19-20(22-10-9-21-19)24-18-12-14(2)6-8-16(18)4/h5-8,11-12,19-20H,9-10H2,1-4H3/t19-,20-/m1/s1. The first kappa shape index (κ1) is 16.8. The Morgan fingerprint density at radius 1 is 0.708 bits per heavy atom. The molecule has 0 radical (unpaired) electrons. The van der Waals surface area contributed by atoms with E-state index in [0.717, 1.165) is 33.8 Å². The average molecular weight is 328 g/mol. The van der Waals surface area contributed by atoms with Crippen molar-refractivity contribution in [2.75, 3.05) is 13.2 Å². The minimum Gasteiger partial charge on any atom is -0.458 e. The van der Waals surface area contributed by atoms with Gasteiger partial charge in [0, 0.05) is 0 Å². The quantitative estimate of drug-likeness (QED) is 0.847. The van der Waals surface area contributed by atoms with Crippen LogP contribution in [-0.2, 0) is 9.47 Å². The lowest BCUT2D eigenvalue weighted by Gasteiger charge is -2.32. The summed E-state index contributed by atoms with van der Waals surface area (Å²) < 4.78 is 23.6. The summed E-state index contributed by atoms with van der Waals surface area (Å²) in [6.45, 7) is 9.08. The predicted molar refractivity (Wildman–Crippen MR) is 92.6 cm³/mol. The van der Waals surface area contributed by atoms with Gasteiger partial charge in [-0.05, 0) is 62.1 Å². The Bertz CT molecular complexity index is 649. The van der Waals surface area contributed by atoms with E-state index in [-0.39, 0.29) is 0 Å². The van der Waals surface area contributed by atoms with Crippen molar-refractivity contribution in [3.05, 3.63) is 58.7 Å². The summed E-state index contributed by atoms with van der Waals surface area (Å²) >= 11 is 0. The molecule has 0 aromatic heterocycles. The molecule has 0 unspecified atom stereocenters. The summed E-state index contributed by atoms with van der Waals surface area (Å²) in [5.41, 5.74) is 4.39. The maximum absolute atomic E-state index is 6.05. The van der Waals surface area contributed by atoms with Crippen molar-refractivity contribution in [3.63, 3.8) is 0 Å². The molecule has 4 nitrogen and oxygen atoms in total. The lowest BCUT2D eigenvalue weighted by Crippen LogP contribution is -2.45. The molecule has 0 spiro atoms. The lowest BCUT2D eigenvalue weighted by molar-refractivity contribution is -0.271. The van der Waals surface area contributed by atoms with E-state index in [1.165, 1.54) is 0 Å². The molecule has 1 fully saturated rings. The molecule has 24 heavy (non-hydrogen) atoms. The Hall–Kier alpha value is -2.04. The van der Waals surface area contributed by atoms with Gasteiger partial charge in [-0.15, -0.1) is 0 Å². The van der Waals surface area contributed by atoms with Crippen molar-refractivity contribution in [1.82, 2.24) is 0 Å². The number of ether oxygens (including phenoxy) is 4. The van der Waals surface area contributed by atoms with Gasteiger partial charge in [-0.2, -0.15) is 0 Å². The molecule has 1 heterocycles. The molecular formula is C20H24O4. The fraction of sp³-hybridized carbons (Fsp3) is 0.400. The van der Waals surface area contributed by atoms with Crippen LogP contribution >= 0.6 is 0 Å². The van der Waals surface area contributed by atoms with E-state index in [2.05, 4.69) is 12.1 Å². The fourth-order valence-corrected chi connectivity index (χ4v) is 2.58. The summed E-state index contributed by atoms with van der Waals surface area (Å²) in [5.74, 6) is 1.58. The highest BCUT2D eigenvalue weighted by atomic mass is 16.8. The van der Waals surface area contributed by atoms with Gasteiger partial charge in [-0.1, -0.05) is 24.3 Å². The Morgan fingerprint density at radius 3 is 1.54 bits per heavy atom. The topological polar surface area (TPSA) is 36.9 Å². The molecule has 0 aliphatic carbocycles. The third-order valence-corrected chi connectivity index (χ3v) is 4.04. The first-order valence-corrected chi connectivity index (χ1v) is 8.24. The zero-order valence-corrected chi connectivity index (χ0v) is 14.7. The van der Waals surface area contributed by atoms with Crippen molar-refractivity contribution >= 4 is 0 Å². The van der Waals surface area contributed by atoms with Gasteiger partial charge in [0.1, 0.15) is 11.5 Å². The molecule has 1 aliphatic rings. The van der Waals surface area contributed by atoms with Crippen LogP contribution in [0.15, 0.2) is 36.4 Å². The van der Waals surface area contributed by atoms with Gasteiger partial charge in [0.05, 0.1) is 13.2 Å². The zero-order chi connectivity index (χ0) is 17.1. The normalized spacial score (nSPS) is 20.7. The molecule has 2 aromatic carbocycles. The monoisotopic (exact) mass is 328 g/mol. The minimum absolute atomic E-state index is 0.488. The second-order valence-electron chi connectivity index (χ2n) is 6.25. The Labute approximate surface area is 143 Å². The van der Waals surface area contributed by atoms with Crippen molar-refractivity contribution in [1.29, 1.82) is 0 Å². The first-order valence-electron chi connectivity index (χ1n) is 8.24. The van der Waals surface area contributed by atoms with Crippen LogP contribution < -0.4 is 9.47 Å². The van der Waals surface area contributed by atoms with E-state index in [1.54, 1.807) is 0 Å². The average Bonchev–Trinajstić information content (AvgIpc) is 2.56. The second-order valence-corrected chi connectivity index (χ2v) is 6.25. The number of rotatable bonds is 4. The Kier molecular flexibility index (Phi) is 5.07. The molecule has 0 bridgehead atoms. The third-order valence-electron chi connectivity index (χ3n) is 4.04. The SMILES string of the molecule is Cc1ccc(C)c(O[C@H]2OCCO[C@@H]2Oc2cc(C)ccc2C)c1. The van der Waals surface area contributed by atoms with E-state index in [9.17, 15) is 0 Å². The van der Waals surface area contributed by atoms with Gasteiger partial charge in [0.25, 0.3) is 12.6 Å². The number of hydrogen-bond donors (Lipinski definition) is 0. The molecule has 3 rings (SSSR count). The van der Waals surface area contributed by atoms with Gasteiger partial charge < -0.3 is 18.9 Å². The lowest BCUT2D eigenvalue weighted by atomic mass is 10.1. The summed E-state index contributed by atoms with van der Waals surface area (Å²) in [6.07, 6.45) is -1.20. The van der Waals surface area contributed by atoms with Crippen molar-refractivity contribution in [3.8, 4) is 11.5 Å². The van der Waals surface area contributed by atoms with Crippen LogP contribution in [0.3, 0.4) is 0 Å². The van der Waals surface area contributed by atoms with E-state index < -0.39 is 12.6 Å². The zero-order valence-electron chi connectivity index (χ0n) is 14.7. The van der Waals surface area contributed by atoms with Gasteiger partial charge in [0.2, 0.25) is 0 Å². The summed E-state index contributed by atoms with van der Waals surface area (Å²) in [7, 11) is 0. The van der Waals surface area contributed by atoms with E-state index in [4.69, 9.17) is 18.9 Å². The molecule has 4 heteroatoms. The molecule has 2 aromatic rings. The highest BCUT2D eigenvalue weighted by molar-refractivity contribution is 5.37. The Morgan fingerprint density at radius 2 is 1.12 bits per heavy atom. The first-order chi connectivity index (χ1) is 11.5. The van der Waals surface area contributed by atoms with Crippen LogP contribution in [0.4, 0.5) is 0 Å². The molecule has 128 valence electrons. The van der Waals surface area contributed by atoms with Gasteiger partial charge in [-0.3, -0.25) is 0 Å². The molecule has 0 amide bonds. The van der Waals surface area contributed by atoms with Crippen molar-refractivity contribution < 1.29 is 18.9 Å². The van der Waals surface area contributed by atoms with Gasteiger partial charge in [0.15, 0.2) is 0 Å². The molecule has 2 atom stereocenters. The van der Waals surface area contributed by atoms with Crippen LogP contribution in [0.2, 0.25) is 0 Å². The molecular weight excluding hydrogens is 304 g/mol. The minimum atomic E-state index is -0.598. The van der Waals surface area contributed by atoms with Gasteiger partial charge >= 0.3 is 0 Å². The molecule has 0 saturated carbocycles. The number of aryl methyl sites for hydroxylation is 4. The maximum atomic E-state index is 6.05. The second kappa shape index (κ2) is 7.24. The van der Waals surface area contributed by atoms with Crippen LogP contribution in [-0.4, -0.2) is 25.8 Å². The summed E-state index contributed by atoms with van der Waals surface area (Å²) in [5, 5.41) is 0. The summed E-state index contributed by atoms with van der Waals surface area (Å²) in [4.78, 5) is 0. The van der Waals surface area contributed by atoms with E-state index in [1.807, 2.05) is 52.0 Å². The smallest absolute Gasteiger partial charge is 0.263 e. The van der Waals surface area contributed by atoms with Crippen LogP contribution in [0.1, 0.15) is 22.3 Å². The largest absolute Gasteiger partial charge is 0.458 e. The molecule has 1 aliphatic heterocycles. The number of benzene rings is 2. The van der Waals surface area contributed by atoms with E-state index >= 15 is 0 Å². The maximum Gasteiger partial charge on any atom is 0.263 e. The third kappa shape index (κ3) is 3.89. The molecule has 1 saturated heterocycles.